The molecule has 0 bridgehead atoms. The minimum Gasteiger partial charge on any atom is -0.469 e. The highest BCUT2D eigenvalue weighted by Gasteiger charge is 2.27. The van der Waals surface area contributed by atoms with Crippen LogP contribution in [0, 0.1) is 0 Å². The largest absolute Gasteiger partial charge is 0.469 e. The summed E-state index contributed by atoms with van der Waals surface area (Å²) in [4.78, 5) is 11.0. The number of nitrogens with zero attached hydrogens (tertiary/aromatic N) is 1. The predicted octanol–water partition coefficient (Wildman–Crippen LogP) is 1.41. The van der Waals surface area contributed by atoms with Crippen molar-refractivity contribution in [1.29, 1.82) is 0 Å². The lowest BCUT2D eigenvalue weighted by molar-refractivity contribution is -0.140. The van der Waals surface area contributed by atoms with Gasteiger partial charge in [0.1, 0.15) is 0 Å². The monoisotopic (exact) mass is 309 g/mol. The molecule has 0 N–H and O–H groups in total. The number of hydrogen-bond acceptors (Lipinski definition) is 5. The Morgan fingerprint density at radius 3 is 2.25 bits per heavy atom. The Hall–Kier alpha value is -0.660. The molecule has 0 saturated heterocycles. The van der Waals surface area contributed by atoms with Gasteiger partial charge in [-0.05, 0) is 19.3 Å². The van der Waals surface area contributed by atoms with E-state index in [1.807, 2.05) is 13.8 Å². The first kappa shape index (κ1) is 19.3. The van der Waals surface area contributed by atoms with Crippen molar-refractivity contribution in [1.82, 2.24) is 4.31 Å². The molecule has 0 saturated carbocycles. The number of rotatable bonds is 11. The van der Waals surface area contributed by atoms with Crippen molar-refractivity contribution in [3.05, 3.63) is 0 Å². The van der Waals surface area contributed by atoms with E-state index in [0.29, 0.717) is 13.2 Å². The van der Waals surface area contributed by atoms with Crippen LogP contribution in [0.5, 0.6) is 0 Å². The lowest BCUT2D eigenvalue weighted by atomic mass is 10.2. The maximum atomic E-state index is 12.4. The minimum atomic E-state index is -3.38. The Bertz CT molecular complexity index is 365. The maximum absolute atomic E-state index is 12.4. The first-order valence-electron chi connectivity index (χ1n) is 6.98. The van der Waals surface area contributed by atoms with Crippen LogP contribution in [0.4, 0.5) is 0 Å². The summed E-state index contributed by atoms with van der Waals surface area (Å²) >= 11 is 0. The van der Waals surface area contributed by atoms with E-state index in [0.717, 1.165) is 12.8 Å². The Labute approximate surface area is 122 Å². The van der Waals surface area contributed by atoms with E-state index in [1.165, 1.54) is 11.4 Å². The molecular formula is C13H27NO5S. The van der Waals surface area contributed by atoms with E-state index in [4.69, 9.17) is 4.74 Å². The van der Waals surface area contributed by atoms with Crippen LogP contribution in [0.2, 0.25) is 0 Å². The van der Waals surface area contributed by atoms with Crippen molar-refractivity contribution >= 4 is 16.0 Å². The average molecular weight is 309 g/mol. The number of ether oxygens (including phenoxy) is 2. The van der Waals surface area contributed by atoms with Gasteiger partial charge in [-0.2, -0.15) is 4.31 Å². The average Bonchev–Trinajstić information content (AvgIpc) is 2.42. The fourth-order valence-corrected chi connectivity index (χ4v) is 3.89. The first-order chi connectivity index (χ1) is 9.42. The van der Waals surface area contributed by atoms with Gasteiger partial charge in [-0.3, -0.25) is 4.79 Å². The quantitative estimate of drug-likeness (QED) is 0.540. The van der Waals surface area contributed by atoms with Crippen molar-refractivity contribution in [3.63, 3.8) is 0 Å². The summed E-state index contributed by atoms with van der Waals surface area (Å²) in [7, 11) is -0.528. The maximum Gasteiger partial charge on any atom is 0.305 e. The third-order valence-electron chi connectivity index (χ3n) is 3.23. The molecule has 0 radical (unpaired) electrons. The van der Waals surface area contributed by atoms with E-state index in [9.17, 15) is 13.2 Å². The van der Waals surface area contributed by atoms with Crippen LogP contribution < -0.4 is 0 Å². The van der Waals surface area contributed by atoms with Gasteiger partial charge < -0.3 is 9.47 Å². The number of methoxy groups -OCH3 is 2. The van der Waals surface area contributed by atoms with Gasteiger partial charge in [0, 0.05) is 26.1 Å². The molecule has 0 aromatic heterocycles. The molecule has 0 atom stereocenters. The fraction of sp³-hybridized carbons (Fsp3) is 0.923. The lowest BCUT2D eigenvalue weighted by Gasteiger charge is -2.29. The second-order valence-corrected chi connectivity index (χ2v) is 6.61. The van der Waals surface area contributed by atoms with E-state index >= 15 is 0 Å². The molecule has 0 heterocycles. The lowest BCUT2D eigenvalue weighted by Crippen LogP contribution is -2.43. The van der Waals surface area contributed by atoms with E-state index in [-0.39, 0.29) is 30.6 Å². The van der Waals surface area contributed by atoms with Gasteiger partial charge >= 0.3 is 5.97 Å². The molecule has 6 nitrogen and oxygen atoms in total. The summed E-state index contributed by atoms with van der Waals surface area (Å²) in [6.07, 6.45) is 1.92. The van der Waals surface area contributed by atoms with E-state index < -0.39 is 10.0 Å². The summed E-state index contributed by atoms with van der Waals surface area (Å²) in [6.45, 7) is 4.66. The molecular weight excluding hydrogens is 282 g/mol. The van der Waals surface area contributed by atoms with Crippen LogP contribution in [0.15, 0.2) is 0 Å². The zero-order valence-electron chi connectivity index (χ0n) is 12.9. The molecule has 0 fully saturated rings. The van der Waals surface area contributed by atoms with Crippen LogP contribution in [0.1, 0.15) is 39.5 Å². The molecule has 7 heteroatoms. The van der Waals surface area contributed by atoms with Gasteiger partial charge in [0.2, 0.25) is 10.0 Å². The highest BCUT2D eigenvalue weighted by Crippen LogP contribution is 2.15. The SMILES string of the molecule is CCC(CC)N(CCOC)S(=O)(=O)CCCC(=O)OC. The van der Waals surface area contributed by atoms with Crippen molar-refractivity contribution in [2.24, 2.45) is 0 Å². The molecule has 0 aromatic carbocycles. The van der Waals surface area contributed by atoms with Crippen molar-refractivity contribution in [2.45, 2.75) is 45.6 Å². The van der Waals surface area contributed by atoms with E-state index in [2.05, 4.69) is 4.74 Å². The van der Waals surface area contributed by atoms with Crippen molar-refractivity contribution in [3.8, 4) is 0 Å². The molecule has 0 unspecified atom stereocenters. The topological polar surface area (TPSA) is 72.9 Å². The molecule has 120 valence electrons. The van der Waals surface area contributed by atoms with Crippen molar-refractivity contribution < 1.29 is 22.7 Å². The van der Waals surface area contributed by atoms with Crippen LogP contribution >= 0.6 is 0 Å². The summed E-state index contributed by atoms with van der Waals surface area (Å²) in [5.74, 6) is -0.423. The summed E-state index contributed by atoms with van der Waals surface area (Å²) < 4.78 is 35.8. The second kappa shape index (κ2) is 10.1. The zero-order valence-corrected chi connectivity index (χ0v) is 13.7. The number of hydrogen-bond donors (Lipinski definition) is 0. The van der Waals surface area contributed by atoms with Gasteiger partial charge in [0.05, 0.1) is 19.5 Å². The minimum absolute atomic E-state index is 0.0201. The molecule has 20 heavy (non-hydrogen) atoms. The van der Waals surface area contributed by atoms with Gasteiger partial charge in [0.15, 0.2) is 0 Å². The van der Waals surface area contributed by atoms with Gasteiger partial charge in [0.25, 0.3) is 0 Å². The number of esters is 1. The standard InChI is InChI=1S/C13H27NO5S/c1-5-12(6-2)14(9-10-18-3)20(16,17)11-7-8-13(15)19-4/h12H,5-11H2,1-4H3. The molecule has 0 aliphatic heterocycles. The highest BCUT2D eigenvalue weighted by atomic mass is 32.2. The zero-order chi connectivity index (χ0) is 15.6. The van der Waals surface area contributed by atoms with Gasteiger partial charge in [-0.1, -0.05) is 13.8 Å². The smallest absolute Gasteiger partial charge is 0.305 e. The number of carbonyl (C=O) groups is 1. The van der Waals surface area contributed by atoms with E-state index in [1.54, 1.807) is 7.11 Å². The molecule has 0 spiro atoms. The second-order valence-electron chi connectivity index (χ2n) is 4.57. The predicted molar refractivity (Wildman–Crippen MR) is 78.0 cm³/mol. The number of carbonyl (C=O) groups excluding carboxylic acids is 1. The first-order valence-corrected chi connectivity index (χ1v) is 8.59. The number of sulfonamides is 1. The summed E-state index contributed by atoms with van der Waals surface area (Å²) in [6, 6.07) is -0.0201. The highest BCUT2D eigenvalue weighted by molar-refractivity contribution is 7.89. The van der Waals surface area contributed by atoms with Crippen LogP contribution in [0.3, 0.4) is 0 Å². The van der Waals surface area contributed by atoms with Gasteiger partial charge in [-0.25, -0.2) is 8.42 Å². The Balaban J connectivity index is 4.71. The van der Waals surface area contributed by atoms with Gasteiger partial charge in [-0.15, -0.1) is 0 Å². The fourth-order valence-electron chi connectivity index (χ4n) is 2.04. The molecule has 0 amide bonds. The van der Waals surface area contributed by atoms with Crippen LogP contribution in [-0.2, 0) is 24.3 Å². The van der Waals surface area contributed by atoms with Crippen LogP contribution in [0.25, 0.3) is 0 Å². The Kier molecular flexibility index (Phi) is 9.79. The summed E-state index contributed by atoms with van der Waals surface area (Å²) in [5, 5.41) is 0. The third-order valence-corrected chi connectivity index (χ3v) is 5.23. The Morgan fingerprint density at radius 2 is 1.80 bits per heavy atom. The molecule has 0 rings (SSSR count). The summed E-state index contributed by atoms with van der Waals surface area (Å²) in [5.41, 5.74) is 0. The third kappa shape index (κ3) is 6.67. The molecule has 0 aromatic rings. The normalized spacial score (nSPS) is 12.1. The Morgan fingerprint density at radius 1 is 1.20 bits per heavy atom. The van der Waals surface area contributed by atoms with Crippen LogP contribution in [-0.4, -0.2) is 57.9 Å². The van der Waals surface area contributed by atoms with Crippen molar-refractivity contribution in [2.75, 3.05) is 33.1 Å². The molecule has 0 aliphatic carbocycles. The molecule has 0 aliphatic rings.